The molecule has 0 spiro atoms. The molecule has 1 aliphatic heterocycles. The van der Waals surface area contributed by atoms with E-state index < -0.39 is 6.09 Å². The van der Waals surface area contributed by atoms with Crippen molar-refractivity contribution in [2.45, 2.75) is 64.8 Å². The minimum atomic E-state index is -0.458. The van der Waals surface area contributed by atoms with Gasteiger partial charge in [-0.3, -0.25) is 9.69 Å². The van der Waals surface area contributed by atoms with E-state index >= 15 is 0 Å². The second-order valence-corrected chi connectivity index (χ2v) is 10.7. The highest BCUT2D eigenvalue weighted by molar-refractivity contribution is 5.94. The molecule has 2 aromatic rings. The van der Waals surface area contributed by atoms with Crippen LogP contribution >= 0.6 is 0 Å². The zero-order valence-electron chi connectivity index (χ0n) is 23.2. The van der Waals surface area contributed by atoms with E-state index in [2.05, 4.69) is 47.6 Å². The quantitative estimate of drug-likeness (QED) is 0.540. The molecule has 0 aromatic heterocycles. The molecule has 2 aliphatic rings. The highest BCUT2D eigenvalue weighted by Crippen LogP contribution is 2.31. The smallest absolute Gasteiger partial charge is 0.407 e. The fraction of sp³-hybridized carbons (Fsp3) is 0.533. The predicted octanol–water partition coefficient (Wildman–Crippen LogP) is 4.25. The number of alkyl carbamates (subject to hydrolysis) is 1. The Bertz CT molecular complexity index is 1100. The lowest BCUT2D eigenvalue weighted by Gasteiger charge is -2.32. The molecule has 8 nitrogen and oxygen atoms in total. The number of carbonyl (C=O) groups excluding carboxylic acids is 2. The maximum Gasteiger partial charge on any atom is 0.407 e. The summed E-state index contributed by atoms with van der Waals surface area (Å²) in [4.78, 5) is 29.0. The number of anilines is 1. The molecule has 2 fully saturated rings. The van der Waals surface area contributed by atoms with Gasteiger partial charge in [0.2, 0.25) is 5.91 Å². The zero-order valence-corrected chi connectivity index (χ0v) is 23.2. The topological polar surface area (TPSA) is 83.1 Å². The maximum atomic E-state index is 13.3. The SMILES string of the molecule is CNC(=O)OCc1cccc(O[C@H]2CC[C@H](C(=O)N(C)c3ccc(CN4CCN[C@@H](C)C4)c(C)c3)CC2)c1. The zero-order chi connectivity index (χ0) is 27.1. The average molecular weight is 523 g/mol. The highest BCUT2D eigenvalue weighted by atomic mass is 16.5. The molecule has 1 heterocycles. The van der Waals surface area contributed by atoms with Gasteiger partial charge in [-0.1, -0.05) is 18.2 Å². The first-order valence-electron chi connectivity index (χ1n) is 13.7. The van der Waals surface area contributed by atoms with E-state index in [1.807, 2.05) is 36.2 Å². The van der Waals surface area contributed by atoms with Gasteiger partial charge >= 0.3 is 6.09 Å². The van der Waals surface area contributed by atoms with Crippen molar-refractivity contribution in [2.75, 3.05) is 38.6 Å². The van der Waals surface area contributed by atoms with E-state index in [1.54, 1.807) is 0 Å². The summed E-state index contributed by atoms with van der Waals surface area (Å²) in [5.74, 6) is 0.954. The molecular weight excluding hydrogens is 480 g/mol. The van der Waals surface area contributed by atoms with Crippen molar-refractivity contribution >= 4 is 17.7 Å². The average Bonchev–Trinajstić information content (AvgIpc) is 2.92. The Morgan fingerprint density at radius 1 is 1.13 bits per heavy atom. The van der Waals surface area contributed by atoms with Crippen LogP contribution in [0.5, 0.6) is 5.75 Å². The summed E-state index contributed by atoms with van der Waals surface area (Å²) in [6.45, 7) is 8.67. The van der Waals surface area contributed by atoms with Crippen LogP contribution in [-0.4, -0.2) is 62.8 Å². The van der Waals surface area contributed by atoms with Gasteiger partial charge in [0.1, 0.15) is 12.4 Å². The number of nitrogens with zero attached hydrogens (tertiary/aromatic N) is 2. The Morgan fingerprint density at radius 3 is 2.63 bits per heavy atom. The molecule has 2 N–H and O–H groups in total. The van der Waals surface area contributed by atoms with Crippen LogP contribution in [0.2, 0.25) is 0 Å². The largest absolute Gasteiger partial charge is 0.490 e. The van der Waals surface area contributed by atoms with Crippen molar-refractivity contribution in [2.24, 2.45) is 5.92 Å². The number of hydrogen-bond acceptors (Lipinski definition) is 6. The Hall–Kier alpha value is -3.10. The van der Waals surface area contributed by atoms with E-state index in [0.29, 0.717) is 6.04 Å². The first kappa shape index (κ1) is 27.9. The van der Waals surface area contributed by atoms with Crippen LogP contribution in [0, 0.1) is 12.8 Å². The maximum absolute atomic E-state index is 13.3. The molecular formula is C30H42N4O4. The Kier molecular flexibility index (Phi) is 9.63. The predicted molar refractivity (Wildman–Crippen MR) is 149 cm³/mol. The number of carbonyl (C=O) groups is 2. The van der Waals surface area contributed by atoms with E-state index in [9.17, 15) is 9.59 Å². The standard InChI is InChI=1S/C30H42N4O4/c1-21-16-26(11-8-25(21)19-34-15-14-32-22(2)18-34)33(4)29(35)24-9-12-27(13-10-24)38-28-7-5-6-23(17-28)20-37-30(36)31-3/h5-8,11,16-17,22,24,27,32H,9-10,12-15,18-20H2,1-4H3,(H,31,36)/t22-,24-,27-/m0/s1. The summed E-state index contributed by atoms with van der Waals surface area (Å²) in [6.07, 6.45) is 2.92. The lowest BCUT2D eigenvalue weighted by Crippen LogP contribution is -2.48. The van der Waals surface area contributed by atoms with Gasteiger partial charge in [-0.15, -0.1) is 0 Å². The van der Waals surface area contributed by atoms with Gasteiger partial charge in [0.15, 0.2) is 0 Å². The summed E-state index contributed by atoms with van der Waals surface area (Å²) in [5.41, 5.74) is 4.39. The number of aryl methyl sites for hydroxylation is 1. The van der Waals surface area contributed by atoms with Crippen molar-refractivity contribution in [3.8, 4) is 5.75 Å². The molecule has 2 amide bonds. The third kappa shape index (κ3) is 7.48. The van der Waals surface area contributed by atoms with Gasteiger partial charge in [-0.2, -0.15) is 0 Å². The molecule has 4 rings (SSSR count). The first-order valence-corrected chi connectivity index (χ1v) is 13.7. The summed E-state index contributed by atoms with van der Waals surface area (Å²) in [5, 5.41) is 5.94. The van der Waals surface area contributed by atoms with Gasteiger partial charge in [0.25, 0.3) is 0 Å². The summed E-state index contributed by atoms with van der Waals surface area (Å²) in [7, 11) is 3.43. The van der Waals surface area contributed by atoms with Crippen LogP contribution in [0.4, 0.5) is 10.5 Å². The Morgan fingerprint density at radius 2 is 1.92 bits per heavy atom. The molecule has 8 heteroatoms. The van der Waals surface area contributed by atoms with E-state index in [0.717, 1.165) is 68.9 Å². The van der Waals surface area contributed by atoms with Gasteiger partial charge in [0.05, 0.1) is 6.10 Å². The molecule has 1 aliphatic carbocycles. The van der Waals surface area contributed by atoms with Crippen LogP contribution in [0.25, 0.3) is 0 Å². The van der Waals surface area contributed by atoms with E-state index in [-0.39, 0.29) is 24.5 Å². The number of hydrogen-bond donors (Lipinski definition) is 2. The number of amides is 2. The second kappa shape index (κ2) is 13.1. The van der Waals surface area contributed by atoms with E-state index in [1.165, 1.54) is 18.2 Å². The molecule has 0 bridgehead atoms. The Labute approximate surface area is 226 Å². The lowest BCUT2D eigenvalue weighted by atomic mass is 9.86. The molecule has 38 heavy (non-hydrogen) atoms. The van der Waals surface area contributed by atoms with Crippen molar-refractivity contribution in [1.82, 2.24) is 15.5 Å². The monoisotopic (exact) mass is 522 g/mol. The summed E-state index contributed by atoms with van der Waals surface area (Å²) in [6, 6.07) is 14.6. The molecule has 0 unspecified atom stereocenters. The molecule has 1 saturated carbocycles. The third-order valence-electron chi connectivity index (χ3n) is 7.69. The van der Waals surface area contributed by atoms with Crippen LogP contribution < -0.4 is 20.3 Å². The number of piperazine rings is 1. The minimum absolute atomic E-state index is 0.00876. The lowest BCUT2D eigenvalue weighted by molar-refractivity contribution is -0.123. The summed E-state index contributed by atoms with van der Waals surface area (Å²) >= 11 is 0. The van der Waals surface area contributed by atoms with E-state index in [4.69, 9.17) is 9.47 Å². The highest BCUT2D eigenvalue weighted by Gasteiger charge is 2.30. The van der Waals surface area contributed by atoms with Crippen molar-refractivity contribution in [3.05, 3.63) is 59.2 Å². The van der Waals surface area contributed by atoms with Crippen molar-refractivity contribution in [3.63, 3.8) is 0 Å². The minimum Gasteiger partial charge on any atom is -0.490 e. The van der Waals surface area contributed by atoms with Gasteiger partial charge in [-0.05, 0) is 80.5 Å². The number of rotatable bonds is 8. The molecule has 2 aromatic carbocycles. The van der Waals surface area contributed by atoms with Crippen molar-refractivity contribution < 1.29 is 19.1 Å². The molecule has 1 saturated heterocycles. The molecule has 1 atom stereocenters. The first-order chi connectivity index (χ1) is 18.3. The van der Waals surface area contributed by atoms with Crippen LogP contribution in [0.15, 0.2) is 42.5 Å². The second-order valence-electron chi connectivity index (χ2n) is 10.7. The molecule has 0 radical (unpaired) electrons. The van der Waals surface area contributed by atoms with Crippen LogP contribution in [-0.2, 0) is 22.7 Å². The van der Waals surface area contributed by atoms with Gasteiger partial charge < -0.3 is 25.0 Å². The normalized spacial score (nSPS) is 21.9. The Balaban J connectivity index is 1.27. The molecule has 206 valence electrons. The van der Waals surface area contributed by atoms with Crippen molar-refractivity contribution in [1.29, 1.82) is 0 Å². The summed E-state index contributed by atoms with van der Waals surface area (Å²) < 4.78 is 11.3. The number of nitrogens with one attached hydrogen (secondary N) is 2. The van der Waals surface area contributed by atoms with Crippen LogP contribution in [0.1, 0.15) is 49.3 Å². The van der Waals surface area contributed by atoms with Gasteiger partial charge in [0, 0.05) is 57.9 Å². The number of ether oxygens (including phenoxy) is 2. The fourth-order valence-corrected chi connectivity index (χ4v) is 5.41. The number of benzene rings is 2. The van der Waals surface area contributed by atoms with Gasteiger partial charge in [-0.25, -0.2) is 4.79 Å². The third-order valence-corrected chi connectivity index (χ3v) is 7.69. The van der Waals surface area contributed by atoms with Crippen LogP contribution in [0.3, 0.4) is 0 Å². The fourth-order valence-electron chi connectivity index (χ4n) is 5.41.